The maximum Gasteiger partial charge on any atom is 0.347 e. The molecule has 0 amide bonds. The smallest absolute Gasteiger partial charge is 0.347 e. The summed E-state index contributed by atoms with van der Waals surface area (Å²) in [5, 5.41) is 18.0. The van der Waals surface area contributed by atoms with Crippen molar-refractivity contribution in [2.75, 3.05) is 6.61 Å². The zero-order chi connectivity index (χ0) is 60.3. The van der Waals surface area contributed by atoms with Crippen LogP contribution in [0.25, 0.3) is 0 Å². The molecule has 1 aliphatic heterocycles. The summed E-state index contributed by atoms with van der Waals surface area (Å²) < 4.78 is 26.5. The highest BCUT2D eigenvalue weighted by molar-refractivity contribution is 5.83. The predicted octanol–water partition coefficient (Wildman–Crippen LogP) is 17.2. The molecule has 3 unspecified atom stereocenters. The van der Waals surface area contributed by atoms with Gasteiger partial charge >= 0.3 is 29.8 Å². The second-order valence-corrected chi connectivity index (χ2v) is 25.4. The van der Waals surface area contributed by atoms with Crippen molar-refractivity contribution in [1.29, 1.82) is 0 Å². The van der Waals surface area contributed by atoms with Crippen LogP contribution in [0.5, 0.6) is 11.5 Å². The number of hydrogen-bond donors (Lipinski definition) is 2. The summed E-state index contributed by atoms with van der Waals surface area (Å²) in [5.41, 5.74) is 0.415. The van der Waals surface area contributed by atoms with Crippen LogP contribution in [0.4, 0.5) is 0 Å². The summed E-state index contributed by atoms with van der Waals surface area (Å²) in [4.78, 5) is 58.1. The highest BCUT2D eigenvalue weighted by Crippen LogP contribution is 2.40. The fourth-order valence-corrected chi connectivity index (χ4v) is 7.71. The van der Waals surface area contributed by atoms with Crippen LogP contribution < -0.4 is 0 Å². The highest BCUT2D eigenvalue weighted by Gasteiger charge is 2.41. The van der Waals surface area contributed by atoms with Gasteiger partial charge in [0.1, 0.15) is 28.3 Å². The summed E-state index contributed by atoms with van der Waals surface area (Å²) in [6.07, 6.45) is 16.2. The van der Waals surface area contributed by atoms with Gasteiger partial charge in [0.2, 0.25) is 6.10 Å². The molecule has 3 fully saturated rings. The number of phenolic OH excluding ortho intramolecular Hbond substituents is 2. The van der Waals surface area contributed by atoms with Gasteiger partial charge in [0.15, 0.2) is 0 Å². The van der Waals surface area contributed by atoms with Crippen molar-refractivity contribution in [3.05, 3.63) is 59.7 Å². The number of carbonyl (C=O) groups is 5. The molecular weight excluding hydrogens is 985 g/mol. The minimum atomic E-state index is -0.687. The molecule has 2 aromatic carbocycles. The van der Waals surface area contributed by atoms with Crippen molar-refractivity contribution < 1.29 is 57.9 Å². The fourth-order valence-electron chi connectivity index (χ4n) is 7.71. The Balaban J connectivity index is 0.000000916. The molecular formula is C66H112O12. The van der Waals surface area contributed by atoms with E-state index in [1.54, 1.807) is 38.1 Å². The number of esters is 5. The summed E-state index contributed by atoms with van der Waals surface area (Å²) in [6.45, 7) is 42.2. The first kappa shape index (κ1) is 73.4. The van der Waals surface area contributed by atoms with Crippen molar-refractivity contribution >= 4 is 29.8 Å². The summed E-state index contributed by atoms with van der Waals surface area (Å²) in [5.74, 6) is 0.967. The number of ether oxygens (including phenoxy) is 5. The lowest BCUT2D eigenvalue weighted by Gasteiger charge is -2.32. The van der Waals surface area contributed by atoms with Gasteiger partial charge in [0.25, 0.3) is 0 Å². The van der Waals surface area contributed by atoms with Gasteiger partial charge in [-0.05, 0) is 226 Å². The van der Waals surface area contributed by atoms with Crippen molar-refractivity contribution in [1.82, 2.24) is 0 Å². The molecule has 5 rings (SSSR count). The summed E-state index contributed by atoms with van der Waals surface area (Å²) in [6, 6.07) is 14.9. The van der Waals surface area contributed by atoms with E-state index in [2.05, 4.69) is 41.5 Å². The van der Waals surface area contributed by atoms with Gasteiger partial charge < -0.3 is 33.9 Å². The first-order chi connectivity index (χ1) is 36.0. The number of phenols is 2. The van der Waals surface area contributed by atoms with E-state index in [0.717, 1.165) is 70.6 Å². The molecule has 3 atom stereocenters. The zero-order valence-electron chi connectivity index (χ0n) is 53.1. The Kier molecular flexibility index (Phi) is 31.9. The zero-order valence-corrected chi connectivity index (χ0v) is 53.1. The molecule has 0 radical (unpaired) electrons. The van der Waals surface area contributed by atoms with Gasteiger partial charge in [-0.2, -0.15) is 0 Å². The first-order valence-corrected chi connectivity index (χ1v) is 29.7. The van der Waals surface area contributed by atoms with Gasteiger partial charge in [-0.3, -0.25) is 19.2 Å². The molecule has 0 spiro atoms. The Hall–Kier alpha value is -4.61. The van der Waals surface area contributed by atoms with E-state index in [1.807, 2.05) is 114 Å². The maximum absolute atomic E-state index is 12.0. The highest BCUT2D eigenvalue weighted by atomic mass is 16.6. The molecule has 1 heterocycles. The SMILES string of the molecule is CCC(C)(C)C(=O)OC(C)(C)C.CCC(C)(C)C(=O)OC1CCOC1=O.CCC(C)c1ccc(O)cc1.CCC(C)c1ccc(O)cc1.CCC1(OC(=O)C(C)(C)CC)CCCC1.CCC1(OC(=O)C(C)(C)CC)CCCC1. The molecule has 3 aliphatic rings. The molecule has 1 saturated heterocycles. The number of hydrogen-bond acceptors (Lipinski definition) is 12. The van der Waals surface area contributed by atoms with Crippen LogP contribution >= 0.6 is 0 Å². The van der Waals surface area contributed by atoms with Gasteiger partial charge in [0.05, 0.1) is 28.3 Å². The third kappa shape index (κ3) is 26.1. The number of carbonyl (C=O) groups excluding carboxylic acids is 5. The Labute approximate surface area is 474 Å². The molecule has 12 nitrogen and oxygen atoms in total. The van der Waals surface area contributed by atoms with Crippen molar-refractivity contribution in [3.8, 4) is 11.5 Å². The van der Waals surface area contributed by atoms with Crippen molar-refractivity contribution in [3.63, 3.8) is 0 Å². The van der Waals surface area contributed by atoms with Gasteiger partial charge in [-0.1, -0.05) is 93.5 Å². The van der Waals surface area contributed by atoms with E-state index in [4.69, 9.17) is 33.9 Å². The molecule has 12 heteroatoms. The van der Waals surface area contributed by atoms with Gasteiger partial charge in [-0.15, -0.1) is 0 Å². The van der Waals surface area contributed by atoms with Crippen LogP contribution in [-0.2, 0) is 47.7 Å². The largest absolute Gasteiger partial charge is 0.508 e. The number of benzene rings is 2. The topological polar surface area (TPSA) is 172 Å². The normalized spacial score (nSPS) is 17.3. The molecule has 78 heavy (non-hydrogen) atoms. The van der Waals surface area contributed by atoms with Crippen molar-refractivity contribution in [2.24, 2.45) is 21.7 Å². The van der Waals surface area contributed by atoms with Crippen LogP contribution in [0, 0.1) is 21.7 Å². The number of cyclic esters (lactones) is 1. The lowest BCUT2D eigenvalue weighted by molar-refractivity contribution is -0.171. The van der Waals surface area contributed by atoms with E-state index < -0.39 is 17.5 Å². The number of rotatable bonds is 17. The van der Waals surface area contributed by atoms with Crippen LogP contribution in [-0.4, -0.2) is 69.6 Å². The Morgan fingerprint density at radius 2 is 0.833 bits per heavy atom. The molecule has 0 bridgehead atoms. The maximum atomic E-state index is 12.0. The molecule has 2 N–H and O–H groups in total. The minimum Gasteiger partial charge on any atom is -0.508 e. The standard InChI is InChI=1S/2C13H24O2.C10H16O4.C10H20O2.2C10H14O/c2*1-5-12(3,4)11(14)15-13(6-2)9-7-8-10-13;1-4-10(2,3)9(12)14-7-5-6-13-8(7)11;1-7-10(5,6)8(11)12-9(2,3)4;2*1-3-8(2)9-4-6-10(11)7-5-9/h2*5-10H2,1-4H3;7H,4-6H2,1-3H3;7H2,1-6H3;2*4-8,11H,3H2,1-2H3. The Morgan fingerprint density at radius 1 is 0.526 bits per heavy atom. The van der Waals surface area contributed by atoms with E-state index in [1.165, 1.54) is 36.8 Å². The quantitative estimate of drug-likeness (QED) is 0.114. The molecule has 448 valence electrons. The van der Waals surface area contributed by atoms with Gasteiger partial charge in [-0.25, -0.2) is 4.79 Å². The van der Waals surface area contributed by atoms with Crippen molar-refractivity contribution in [2.45, 2.75) is 289 Å². The number of aromatic hydroxyl groups is 2. The van der Waals surface area contributed by atoms with E-state index in [9.17, 15) is 24.0 Å². The van der Waals surface area contributed by atoms with E-state index >= 15 is 0 Å². The average molecular weight is 1100 g/mol. The Bertz CT molecular complexity index is 1940. The van der Waals surface area contributed by atoms with Gasteiger partial charge in [0, 0.05) is 6.42 Å². The second kappa shape index (κ2) is 33.9. The lowest BCUT2D eigenvalue weighted by Crippen LogP contribution is -2.37. The third-order valence-electron chi connectivity index (χ3n) is 16.4. The molecule has 2 saturated carbocycles. The summed E-state index contributed by atoms with van der Waals surface area (Å²) in [7, 11) is 0. The van der Waals surface area contributed by atoms with E-state index in [0.29, 0.717) is 42.8 Å². The molecule has 2 aliphatic carbocycles. The summed E-state index contributed by atoms with van der Waals surface area (Å²) >= 11 is 0. The molecule has 2 aromatic rings. The second-order valence-electron chi connectivity index (χ2n) is 25.4. The lowest BCUT2D eigenvalue weighted by atomic mass is 9.89. The van der Waals surface area contributed by atoms with Crippen LogP contribution in [0.3, 0.4) is 0 Å². The third-order valence-corrected chi connectivity index (χ3v) is 16.4. The van der Waals surface area contributed by atoms with E-state index in [-0.39, 0.29) is 56.9 Å². The van der Waals surface area contributed by atoms with Crippen LogP contribution in [0.1, 0.15) is 278 Å². The average Bonchev–Trinajstić information content (AvgIpc) is 4.19. The van der Waals surface area contributed by atoms with Crippen LogP contribution in [0.15, 0.2) is 48.5 Å². The van der Waals surface area contributed by atoms with Crippen LogP contribution in [0.2, 0.25) is 0 Å². The monoisotopic (exact) mass is 1100 g/mol. The Morgan fingerprint density at radius 3 is 1.09 bits per heavy atom. The predicted molar refractivity (Wildman–Crippen MR) is 316 cm³/mol. The minimum absolute atomic E-state index is 0.0197. The molecule has 0 aromatic heterocycles. The first-order valence-electron chi connectivity index (χ1n) is 29.7. The fraction of sp³-hybridized carbons (Fsp3) is 0.742.